The molecule has 1 rings (SSSR count). The molecule has 0 saturated carbocycles. The summed E-state index contributed by atoms with van der Waals surface area (Å²) in [6.07, 6.45) is 6.78. The minimum Gasteiger partial charge on any atom is -0.401 e. The van der Waals surface area contributed by atoms with Gasteiger partial charge in [0.15, 0.2) is 0 Å². The second-order valence-electron chi connectivity index (χ2n) is 4.47. The third-order valence-electron chi connectivity index (χ3n) is 2.78. The van der Waals surface area contributed by atoms with Crippen LogP contribution < -0.4 is 5.73 Å². The highest BCUT2D eigenvalue weighted by molar-refractivity contribution is 5.15. The Morgan fingerprint density at radius 2 is 2.20 bits per heavy atom. The van der Waals surface area contributed by atoms with Gasteiger partial charge in [0.25, 0.3) is 0 Å². The van der Waals surface area contributed by atoms with Gasteiger partial charge in [-0.3, -0.25) is 4.90 Å². The Labute approximate surface area is 93.1 Å². The highest BCUT2D eigenvalue weighted by atomic mass is 15.2. The fraction of sp³-hybridized carbons (Fsp3) is 0.538. The second-order valence-corrected chi connectivity index (χ2v) is 4.47. The zero-order valence-electron chi connectivity index (χ0n) is 9.87. The lowest BCUT2D eigenvalue weighted by Crippen LogP contribution is -2.46. The molecule has 1 heterocycles. The first-order valence-electron chi connectivity index (χ1n) is 5.57. The van der Waals surface area contributed by atoms with Crippen molar-refractivity contribution in [2.24, 2.45) is 11.7 Å². The molecule has 15 heavy (non-hydrogen) atoms. The first-order chi connectivity index (χ1) is 7.13. The molecule has 2 heteroatoms. The molecule has 0 aliphatic carbocycles. The maximum absolute atomic E-state index is 6.03. The molecular weight excluding hydrogens is 184 g/mol. The van der Waals surface area contributed by atoms with Crippen LogP contribution >= 0.6 is 0 Å². The molecule has 0 aromatic heterocycles. The van der Waals surface area contributed by atoms with E-state index >= 15 is 0 Å². The number of hydrogen-bond acceptors (Lipinski definition) is 2. The van der Waals surface area contributed by atoms with Crippen LogP contribution in [0.5, 0.6) is 0 Å². The summed E-state index contributed by atoms with van der Waals surface area (Å²) in [6, 6.07) is 0. The number of nitrogens with two attached hydrogens (primary N) is 1. The Hall–Kier alpha value is -1.02. The molecule has 0 radical (unpaired) electrons. The van der Waals surface area contributed by atoms with E-state index in [2.05, 4.69) is 31.4 Å². The Balaban J connectivity index is 2.35. The topological polar surface area (TPSA) is 29.3 Å². The Kier molecular flexibility index (Phi) is 4.63. The van der Waals surface area contributed by atoms with E-state index in [1.807, 2.05) is 6.08 Å². The molecular formula is C13H22N2. The standard InChI is InChI=1S/C13H22N2/c1-4-5-6-7-12(3)13(14)10-15-8-11(2)9-15/h4-6,11H,1,7-10,14H2,2-3H3/b6-5-,13-12-. The summed E-state index contributed by atoms with van der Waals surface area (Å²) in [5.41, 5.74) is 8.33. The lowest BCUT2D eigenvalue weighted by atomic mass is 10.0. The van der Waals surface area contributed by atoms with Gasteiger partial charge in [0.1, 0.15) is 0 Å². The molecule has 1 aliphatic heterocycles. The zero-order chi connectivity index (χ0) is 11.3. The van der Waals surface area contributed by atoms with Crippen LogP contribution in [0.3, 0.4) is 0 Å². The van der Waals surface area contributed by atoms with Gasteiger partial charge in [-0.25, -0.2) is 0 Å². The minimum atomic E-state index is 0.846. The van der Waals surface area contributed by atoms with Crippen LogP contribution in [0.4, 0.5) is 0 Å². The lowest BCUT2D eigenvalue weighted by Gasteiger charge is -2.37. The van der Waals surface area contributed by atoms with E-state index in [0.717, 1.165) is 24.6 Å². The van der Waals surface area contributed by atoms with Crippen molar-refractivity contribution in [1.29, 1.82) is 0 Å². The Morgan fingerprint density at radius 1 is 1.53 bits per heavy atom. The van der Waals surface area contributed by atoms with E-state index in [4.69, 9.17) is 5.73 Å². The van der Waals surface area contributed by atoms with Crippen molar-refractivity contribution in [3.05, 3.63) is 36.1 Å². The number of hydrogen-bond donors (Lipinski definition) is 1. The molecule has 2 nitrogen and oxygen atoms in total. The van der Waals surface area contributed by atoms with Gasteiger partial charge in [0.05, 0.1) is 0 Å². The summed E-state index contributed by atoms with van der Waals surface area (Å²) in [5.74, 6) is 0.846. The largest absolute Gasteiger partial charge is 0.401 e. The van der Waals surface area contributed by atoms with Gasteiger partial charge in [-0.05, 0) is 24.8 Å². The number of rotatable bonds is 5. The van der Waals surface area contributed by atoms with Crippen molar-refractivity contribution >= 4 is 0 Å². The van der Waals surface area contributed by atoms with Crippen molar-refractivity contribution in [2.45, 2.75) is 20.3 Å². The fourth-order valence-electron chi connectivity index (χ4n) is 1.81. The molecule has 84 valence electrons. The normalized spacial score (nSPS) is 20.1. The quantitative estimate of drug-likeness (QED) is 0.699. The van der Waals surface area contributed by atoms with Crippen molar-refractivity contribution in [3.63, 3.8) is 0 Å². The summed E-state index contributed by atoms with van der Waals surface area (Å²) in [6.45, 7) is 11.3. The molecule has 1 fully saturated rings. The third-order valence-corrected chi connectivity index (χ3v) is 2.78. The summed E-state index contributed by atoms with van der Waals surface area (Å²) in [4.78, 5) is 2.39. The Morgan fingerprint density at radius 3 is 2.73 bits per heavy atom. The number of nitrogens with zero attached hydrogens (tertiary/aromatic N) is 1. The van der Waals surface area contributed by atoms with Crippen molar-refractivity contribution < 1.29 is 0 Å². The fourth-order valence-corrected chi connectivity index (χ4v) is 1.81. The van der Waals surface area contributed by atoms with Crippen LogP contribution in [0.2, 0.25) is 0 Å². The lowest BCUT2D eigenvalue weighted by molar-refractivity contribution is 0.125. The van der Waals surface area contributed by atoms with Gasteiger partial charge in [0, 0.05) is 25.3 Å². The third kappa shape index (κ3) is 3.92. The average molecular weight is 206 g/mol. The summed E-state index contributed by atoms with van der Waals surface area (Å²) < 4.78 is 0. The second kappa shape index (κ2) is 5.76. The predicted molar refractivity (Wildman–Crippen MR) is 66.4 cm³/mol. The van der Waals surface area contributed by atoms with Gasteiger partial charge in [-0.15, -0.1) is 0 Å². The van der Waals surface area contributed by atoms with Gasteiger partial charge < -0.3 is 5.73 Å². The number of likely N-dealkylation sites (tertiary alicyclic amines) is 1. The molecule has 0 aromatic rings. The Bertz CT molecular complexity index is 270. The summed E-state index contributed by atoms with van der Waals surface area (Å²) in [7, 11) is 0. The predicted octanol–water partition coefficient (Wildman–Crippen LogP) is 2.30. The monoisotopic (exact) mass is 206 g/mol. The van der Waals surface area contributed by atoms with E-state index < -0.39 is 0 Å². The van der Waals surface area contributed by atoms with Crippen LogP contribution in [-0.4, -0.2) is 24.5 Å². The van der Waals surface area contributed by atoms with Gasteiger partial charge >= 0.3 is 0 Å². The highest BCUT2D eigenvalue weighted by Gasteiger charge is 2.22. The first-order valence-corrected chi connectivity index (χ1v) is 5.57. The van der Waals surface area contributed by atoms with Crippen molar-refractivity contribution in [2.75, 3.05) is 19.6 Å². The van der Waals surface area contributed by atoms with Crippen molar-refractivity contribution in [1.82, 2.24) is 4.90 Å². The maximum Gasteiger partial charge on any atom is 0.0379 e. The van der Waals surface area contributed by atoms with E-state index in [1.165, 1.54) is 18.7 Å². The summed E-state index contributed by atoms with van der Waals surface area (Å²) >= 11 is 0. The van der Waals surface area contributed by atoms with Crippen LogP contribution in [0.25, 0.3) is 0 Å². The molecule has 0 amide bonds. The number of allylic oxidation sites excluding steroid dienone is 4. The SMILES string of the molecule is C=C/C=C\C/C(C)=C(\N)CN1CC(C)C1. The first kappa shape index (κ1) is 12.1. The van der Waals surface area contributed by atoms with Crippen LogP contribution in [-0.2, 0) is 0 Å². The molecule has 1 saturated heterocycles. The van der Waals surface area contributed by atoms with Gasteiger partial charge in [-0.1, -0.05) is 31.7 Å². The van der Waals surface area contributed by atoms with E-state index in [0.29, 0.717) is 0 Å². The molecule has 0 unspecified atom stereocenters. The minimum absolute atomic E-state index is 0.846. The molecule has 2 N–H and O–H groups in total. The average Bonchev–Trinajstić information content (AvgIpc) is 2.15. The maximum atomic E-state index is 6.03. The zero-order valence-corrected chi connectivity index (χ0v) is 9.87. The van der Waals surface area contributed by atoms with Crippen molar-refractivity contribution in [3.8, 4) is 0 Å². The summed E-state index contributed by atoms with van der Waals surface area (Å²) in [5, 5.41) is 0. The van der Waals surface area contributed by atoms with Gasteiger partial charge in [-0.2, -0.15) is 0 Å². The molecule has 0 bridgehead atoms. The smallest absolute Gasteiger partial charge is 0.0379 e. The molecule has 0 atom stereocenters. The van der Waals surface area contributed by atoms with E-state index in [-0.39, 0.29) is 0 Å². The van der Waals surface area contributed by atoms with Crippen LogP contribution in [0.1, 0.15) is 20.3 Å². The molecule has 0 aromatic carbocycles. The molecule has 1 aliphatic rings. The van der Waals surface area contributed by atoms with E-state index in [9.17, 15) is 0 Å². The molecule has 0 spiro atoms. The van der Waals surface area contributed by atoms with Crippen LogP contribution in [0.15, 0.2) is 36.1 Å². The van der Waals surface area contributed by atoms with Crippen LogP contribution in [0, 0.1) is 5.92 Å². The van der Waals surface area contributed by atoms with E-state index in [1.54, 1.807) is 6.08 Å². The van der Waals surface area contributed by atoms with Gasteiger partial charge in [0.2, 0.25) is 0 Å². The highest BCUT2D eigenvalue weighted by Crippen LogP contribution is 2.16.